The van der Waals surface area contributed by atoms with Gasteiger partial charge in [-0.2, -0.15) is 5.10 Å². The number of ether oxygens (including phenoxy) is 1. The number of benzene rings is 2. The first-order valence-corrected chi connectivity index (χ1v) is 10.7. The van der Waals surface area contributed by atoms with Gasteiger partial charge in [0.05, 0.1) is 19.2 Å². The minimum absolute atomic E-state index is 0.127. The monoisotopic (exact) mass is 442 g/mol. The molecule has 0 aliphatic heterocycles. The Labute approximate surface area is 192 Å². The van der Waals surface area contributed by atoms with Crippen molar-refractivity contribution in [3.8, 4) is 17.0 Å². The largest absolute Gasteiger partial charge is 0.497 e. The zero-order valence-electron chi connectivity index (χ0n) is 18.9. The van der Waals surface area contributed by atoms with Gasteiger partial charge in [-0.1, -0.05) is 42.5 Å². The summed E-state index contributed by atoms with van der Waals surface area (Å²) in [5.41, 5.74) is 4.80. The number of methoxy groups -OCH3 is 1. The number of aryl methyl sites for hydroxylation is 2. The van der Waals surface area contributed by atoms with Gasteiger partial charge in [-0.3, -0.25) is 14.3 Å². The fourth-order valence-corrected chi connectivity index (χ4v) is 3.79. The maximum absolute atomic E-state index is 13.2. The Morgan fingerprint density at radius 2 is 1.88 bits per heavy atom. The van der Waals surface area contributed by atoms with Gasteiger partial charge in [-0.05, 0) is 43.2 Å². The topological polar surface area (TPSA) is 89.0 Å². The molecule has 4 rings (SSSR count). The van der Waals surface area contributed by atoms with Crippen LogP contribution < -0.4 is 15.6 Å². The second kappa shape index (κ2) is 9.56. The molecule has 168 valence electrons. The highest BCUT2D eigenvalue weighted by Crippen LogP contribution is 2.26. The molecule has 0 atom stereocenters. The molecule has 2 aromatic heterocycles. The Hall–Kier alpha value is -4.13. The molecule has 0 bridgehead atoms. The van der Waals surface area contributed by atoms with E-state index >= 15 is 0 Å². The quantitative estimate of drug-likeness (QED) is 0.455. The number of aromatic nitrogens is 3. The van der Waals surface area contributed by atoms with Crippen molar-refractivity contribution in [3.63, 3.8) is 0 Å². The molecule has 0 fully saturated rings. The molecular weight excluding hydrogens is 416 g/mol. The summed E-state index contributed by atoms with van der Waals surface area (Å²) in [4.78, 5) is 28.3. The minimum atomic E-state index is -0.300. The number of nitrogens with one attached hydrogen (secondary N) is 2. The highest BCUT2D eigenvalue weighted by Gasteiger charge is 2.19. The highest BCUT2D eigenvalue weighted by atomic mass is 16.5. The van der Waals surface area contributed by atoms with E-state index in [1.807, 2.05) is 74.5 Å². The summed E-state index contributed by atoms with van der Waals surface area (Å²) in [5.74, 6) is 0.379. The van der Waals surface area contributed by atoms with Gasteiger partial charge in [0.2, 0.25) is 0 Å². The fourth-order valence-electron chi connectivity index (χ4n) is 3.79. The summed E-state index contributed by atoms with van der Waals surface area (Å²) in [6, 6.07) is 19.3. The Bertz CT molecular complexity index is 1340. The lowest BCUT2D eigenvalue weighted by molar-refractivity contribution is 0.0951. The van der Waals surface area contributed by atoms with Crippen LogP contribution in [0.3, 0.4) is 0 Å². The van der Waals surface area contributed by atoms with E-state index in [1.54, 1.807) is 18.0 Å². The number of pyridine rings is 1. The first-order valence-electron chi connectivity index (χ1n) is 10.7. The maximum atomic E-state index is 13.2. The molecule has 0 spiro atoms. The van der Waals surface area contributed by atoms with Crippen molar-refractivity contribution in [1.82, 2.24) is 20.1 Å². The normalized spacial score (nSPS) is 10.8. The van der Waals surface area contributed by atoms with Gasteiger partial charge < -0.3 is 15.0 Å². The molecule has 4 aromatic rings. The zero-order valence-corrected chi connectivity index (χ0v) is 18.9. The van der Waals surface area contributed by atoms with Gasteiger partial charge in [-0.15, -0.1) is 0 Å². The van der Waals surface area contributed by atoms with E-state index < -0.39 is 0 Å². The van der Waals surface area contributed by atoms with Gasteiger partial charge in [0.25, 0.3) is 11.5 Å². The van der Waals surface area contributed by atoms with E-state index in [0.29, 0.717) is 29.1 Å². The predicted molar refractivity (Wildman–Crippen MR) is 127 cm³/mol. The summed E-state index contributed by atoms with van der Waals surface area (Å²) < 4.78 is 7.10. The van der Waals surface area contributed by atoms with Crippen LogP contribution in [0.4, 0.5) is 0 Å². The molecule has 2 heterocycles. The number of nitrogens with zero attached hydrogens (tertiary/aromatic N) is 2. The SMILES string of the molecule is COc1cccc(-c2nn(Cc3ccccc3)cc2C(=O)NCc2c(C)cc(C)[nH]c2=O)c1. The molecule has 1 amide bonds. The Kier molecular flexibility index (Phi) is 6.40. The van der Waals surface area contributed by atoms with Crippen LogP contribution in [0, 0.1) is 13.8 Å². The molecule has 0 aliphatic rings. The standard InChI is InChI=1S/C26H26N4O3/c1-17-12-18(2)28-26(32)22(17)14-27-25(31)23-16-30(15-19-8-5-4-6-9-19)29-24(23)20-10-7-11-21(13-20)33-3/h4-13,16H,14-15H2,1-3H3,(H,27,31)(H,28,32). The molecule has 7 nitrogen and oxygen atoms in total. The third kappa shape index (κ3) is 5.03. The maximum Gasteiger partial charge on any atom is 0.255 e. The van der Waals surface area contributed by atoms with Crippen molar-refractivity contribution in [2.24, 2.45) is 0 Å². The number of carbonyl (C=O) groups excluding carboxylic acids is 1. The van der Waals surface area contributed by atoms with Gasteiger partial charge >= 0.3 is 0 Å². The second-order valence-electron chi connectivity index (χ2n) is 7.93. The lowest BCUT2D eigenvalue weighted by Gasteiger charge is -2.09. The van der Waals surface area contributed by atoms with Gasteiger partial charge in [0.15, 0.2) is 0 Å². The van der Waals surface area contributed by atoms with Crippen molar-refractivity contribution in [2.45, 2.75) is 26.9 Å². The zero-order chi connectivity index (χ0) is 23.4. The lowest BCUT2D eigenvalue weighted by Crippen LogP contribution is -2.28. The molecule has 33 heavy (non-hydrogen) atoms. The summed E-state index contributed by atoms with van der Waals surface area (Å²) in [7, 11) is 1.60. The average Bonchev–Trinajstić information content (AvgIpc) is 3.23. The Morgan fingerprint density at radius 3 is 2.61 bits per heavy atom. The van der Waals surface area contributed by atoms with E-state index in [-0.39, 0.29) is 18.0 Å². The van der Waals surface area contributed by atoms with Crippen LogP contribution in [-0.4, -0.2) is 27.8 Å². The Morgan fingerprint density at radius 1 is 1.09 bits per heavy atom. The highest BCUT2D eigenvalue weighted by molar-refractivity contribution is 5.99. The van der Waals surface area contributed by atoms with E-state index in [2.05, 4.69) is 10.3 Å². The van der Waals surface area contributed by atoms with Crippen LogP contribution in [0.1, 0.15) is 32.7 Å². The molecule has 7 heteroatoms. The summed E-state index contributed by atoms with van der Waals surface area (Å²) >= 11 is 0. The van der Waals surface area contributed by atoms with Gasteiger partial charge in [0.1, 0.15) is 11.4 Å². The van der Waals surface area contributed by atoms with Crippen molar-refractivity contribution < 1.29 is 9.53 Å². The number of aromatic amines is 1. The smallest absolute Gasteiger partial charge is 0.255 e. The number of rotatable bonds is 7. The van der Waals surface area contributed by atoms with Crippen LogP contribution in [0.5, 0.6) is 5.75 Å². The second-order valence-corrected chi connectivity index (χ2v) is 7.93. The number of H-pyrrole nitrogens is 1. The molecule has 2 aromatic carbocycles. The number of hydrogen-bond acceptors (Lipinski definition) is 4. The van der Waals surface area contributed by atoms with Crippen LogP contribution in [0.2, 0.25) is 0 Å². The van der Waals surface area contributed by atoms with Crippen LogP contribution in [0.25, 0.3) is 11.3 Å². The van der Waals surface area contributed by atoms with Crippen LogP contribution in [-0.2, 0) is 13.1 Å². The number of amides is 1. The van der Waals surface area contributed by atoms with Crippen LogP contribution >= 0.6 is 0 Å². The minimum Gasteiger partial charge on any atom is -0.497 e. The third-order valence-electron chi connectivity index (χ3n) is 5.46. The number of hydrogen-bond donors (Lipinski definition) is 2. The first-order chi connectivity index (χ1) is 15.9. The Balaban J connectivity index is 1.66. The summed E-state index contributed by atoms with van der Waals surface area (Å²) in [6.07, 6.45) is 1.74. The average molecular weight is 443 g/mol. The molecule has 2 N–H and O–H groups in total. The fraction of sp³-hybridized carbons (Fsp3) is 0.192. The number of carbonyl (C=O) groups is 1. The molecule has 0 aliphatic carbocycles. The molecule has 0 saturated carbocycles. The van der Waals surface area contributed by atoms with Gasteiger partial charge in [-0.25, -0.2) is 0 Å². The van der Waals surface area contributed by atoms with Crippen molar-refractivity contribution in [2.75, 3.05) is 7.11 Å². The van der Waals surface area contributed by atoms with E-state index in [4.69, 9.17) is 9.84 Å². The molecular formula is C26H26N4O3. The first kappa shape index (κ1) is 22.1. The van der Waals surface area contributed by atoms with Crippen molar-refractivity contribution >= 4 is 5.91 Å². The molecule has 0 radical (unpaired) electrons. The molecule has 0 saturated heterocycles. The van der Waals surface area contributed by atoms with E-state index in [0.717, 1.165) is 22.4 Å². The predicted octanol–water partition coefficient (Wildman–Crippen LogP) is 3.84. The molecule has 0 unspecified atom stereocenters. The van der Waals surface area contributed by atoms with Crippen molar-refractivity contribution in [3.05, 3.63) is 105 Å². The van der Waals surface area contributed by atoms with Gasteiger partial charge in [0, 0.05) is 29.6 Å². The van der Waals surface area contributed by atoms with Crippen LogP contribution in [0.15, 0.2) is 71.7 Å². The van der Waals surface area contributed by atoms with E-state index in [1.165, 1.54) is 0 Å². The summed E-state index contributed by atoms with van der Waals surface area (Å²) in [5, 5.41) is 7.60. The lowest BCUT2D eigenvalue weighted by atomic mass is 10.1. The van der Waals surface area contributed by atoms with Crippen molar-refractivity contribution in [1.29, 1.82) is 0 Å². The summed E-state index contributed by atoms with van der Waals surface area (Å²) in [6.45, 7) is 4.35. The third-order valence-corrected chi connectivity index (χ3v) is 5.46. The van der Waals surface area contributed by atoms with E-state index in [9.17, 15) is 9.59 Å².